The first kappa shape index (κ1) is 20.4. The fraction of sp³-hybridized carbons (Fsp3) is 0.318. The molecule has 3 rings (SSSR count). The Morgan fingerprint density at radius 1 is 1.14 bits per heavy atom. The minimum Gasteiger partial charge on any atom is -0.497 e. The molecular formula is C22H24N2O5. The molecule has 1 atom stereocenters. The van der Waals surface area contributed by atoms with Crippen molar-refractivity contribution in [1.82, 2.24) is 5.01 Å². The highest BCUT2D eigenvalue weighted by Crippen LogP contribution is 2.34. The van der Waals surface area contributed by atoms with Crippen molar-refractivity contribution in [3.05, 3.63) is 59.7 Å². The van der Waals surface area contributed by atoms with Gasteiger partial charge in [-0.15, -0.1) is 0 Å². The fourth-order valence-corrected chi connectivity index (χ4v) is 3.17. The number of methoxy groups -OCH3 is 1. The van der Waals surface area contributed by atoms with Gasteiger partial charge in [-0.3, -0.25) is 4.79 Å². The highest BCUT2D eigenvalue weighted by atomic mass is 16.6. The fourth-order valence-electron chi connectivity index (χ4n) is 3.17. The number of hydrogen-bond acceptors (Lipinski definition) is 6. The topological polar surface area (TPSA) is 77.4 Å². The number of ether oxygens (including phenoxy) is 3. The molecule has 0 spiro atoms. The zero-order valence-electron chi connectivity index (χ0n) is 16.8. The third-order valence-corrected chi connectivity index (χ3v) is 4.56. The second-order valence-electron chi connectivity index (χ2n) is 6.52. The number of hydrogen-bond donors (Lipinski definition) is 0. The lowest BCUT2D eigenvalue weighted by molar-refractivity contribution is -0.145. The molecule has 1 aliphatic heterocycles. The van der Waals surface area contributed by atoms with E-state index in [1.807, 2.05) is 42.5 Å². The van der Waals surface area contributed by atoms with E-state index in [-0.39, 0.29) is 18.6 Å². The van der Waals surface area contributed by atoms with E-state index in [9.17, 15) is 9.59 Å². The van der Waals surface area contributed by atoms with Crippen LogP contribution in [-0.2, 0) is 14.3 Å². The van der Waals surface area contributed by atoms with Crippen molar-refractivity contribution in [3.63, 3.8) is 0 Å². The number of rotatable bonds is 7. The number of hydrazone groups is 1. The second kappa shape index (κ2) is 9.23. The maximum atomic E-state index is 12.2. The van der Waals surface area contributed by atoms with Gasteiger partial charge in [0.15, 0.2) is 6.61 Å². The molecular weight excluding hydrogens is 372 g/mol. The second-order valence-corrected chi connectivity index (χ2v) is 6.52. The van der Waals surface area contributed by atoms with Crippen LogP contribution in [0.2, 0.25) is 0 Å². The van der Waals surface area contributed by atoms with E-state index in [2.05, 4.69) is 5.10 Å². The minimum atomic E-state index is -0.422. The average Bonchev–Trinajstić information content (AvgIpc) is 3.19. The number of nitrogens with zero attached hydrogens (tertiary/aromatic N) is 2. The van der Waals surface area contributed by atoms with Crippen molar-refractivity contribution in [1.29, 1.82) is 0 Å². The monoisotopic (exact) mass is 396 g/mol. The molecule has 1 amide bonds. The Morgan fingerprint density at radius 2 is 1.90 bits per heavy atom. The smallest absolute Gasteiger partial charge is 0.344 e. The summed E-state index contributed by atoms with van der Waals surface area (Å²) in [6.07, 6.45) is 0.577. The largest absolute Gasteiger partial charge is 0.497 e. The molecule has 0 bridgehead atoms. The number of carbonyl (C=O) groups excluding carboxylic acids is 2. The van der Waals surface area contributed by atoms with Crippen LogP contribution in [0.5, 0.6) is 11.5 Å². The molecule has 0 aliphatic carbocycles. The third-order valence-electron chi connectivity index (χ3n) is 4.56. The van der Waals surface area contributed by atoms with Crippen molar-refractivity contribution < 1.29 is 23.8 Å². The van der Waals surface area contributed by atoms with E-state index >= 15 is 0 Å². The molecule has 0 aromatic heterocycles. The normalized spacial score (nSPS) is 15.6. The van der Waals surface area contributed by atoms with Gasteiger partial charge in [0.2, 0.25) is 5.91 Å². The molecule has 7 heteroatoms. The first-order valence-corrected chi connectivity index (χ1v) is 9.42. The van der Waals surface area contributed by atoms with Gasteiger partial charge in [-0.05, 0) is 54.4 Å². The molecule has 152 valence electrons. The highest BCUT2D eigenvalue weighted by molar-refractivity contribution is 6.03. The number of carbonyl (C=O) groups is 2. The van der Waals surface area contributed by atoms with Crippen LogP contribution >= 0.6 is 0 Å². The van der Waals surface area contributed by atoms with E-state index < -0.39 is 5.97 Å². The van der Waals surface area contributed by atoms with E-state index in [4.69, 9.17) is 14.2 Å². The van der Waals surface area contributed by atoms with Crippen LogP contribution in [0, 0.1) is 0 Å². The summed E-state index contributed by atoms with van der Waals surface area (Å²) in [7, 11) is 1.62. The lowest BCUT2D eigenvalue weighted by atomic mass is 9.98. The summed E-state index contributed by atoms with van der Waals surface area (Å²) in [5.74, 6) is 0.737. The standard InChI is InChI=1S/C22H24N2O5/c1-4-28-22(26)14-29-19-7-5-6-17(12-19)21-13-20(23-24(21)15(2)25)16-8-10-18(27-3)11-9-16/h5-12,21H,4,13-14H2,1-3H3/t21-/m0/s1. The maximum absolute atomic E-state index is 12.2. The van der Waals surface area contributed by atoms with Gasteiger partial charge in [-0.1, -0.05) is 12.1 Å². The van der Waals surface area contributed by atoms with Crippen LogP contribution in [0.1, 0.15) is 37.4 Å². The van der Waals surface area contributed by atoms with Gasteiger partial charge in [0.25, 0.3) is 0 Å². The molecule has 0 unspecified atom stereocenters. The first-order valence-electron chi connectivity index (χ1n) is 9.42. The van der Waals surface area contributed by atoms with Crippen molar-refractivity contribution in [2.75, 3.05) is 20.3 Å². The van der Waals surface area contributed by atoms with Gasteiger partial charge in [-0.25, -0.2) is 9.80 Å². The molecule has 0 saturated carbocycles. The Labute approximate surface area is 169 Å². The summed E-state index contributed by atoms with van der Waals surface area (Å²) in [5.41, 5.74) is 2.65. The number of benzene rings is 2. The lowest BCUT2D eigenvalue weighted by Gasteiger charge is -2.21. The lowest BCUT2D eigenvalue weighted by Crippen LogP contribution is -2.24. The molecule has 1 heterocycles. The van der Waals surface area contributed by atoms with E-state index in [1.54, 1.807) is 20.1 Å². The van der Waals surface area contributed by atoms with E-state index in [0.717, 1.165) is 22.6 Å². The summed E-state index contributed by atoms with van der Waals surface area (Å²) < 4.78 is 15.6. The predicted octanol–water partition coefficient (Wildman–Crippen LogP) is 3.33. The Morgan fingerprint density at radius 3 is 2.55 bits per heavy atom. The van der Waals surface area contributed by atoms with E-state index in [0.29, 0.717) is 18.8 Å². The van der Waals surface area contributed by atoms with Crippen LogP contribution < -0.4 is 9.47 Å². The van der Waals surface area contributed by atoms with Crippen molar-refractivity contribution in [2.45, 2.75) is 26.3 Å². The summed E-state index contributed by atoms with van der Waals surface area (Å²) in [4.78, 5) is 23.7. The molecule has 0 saturated heterocycles. The van der Waals surface area contributed by atoms with Gasteiger partial charge in [-0.2, -0.15) is 5.10 Å². The van der Waals surface area contributed by atoms with Crippen LogP contribution in [0.3, 0.4) is 0 Å². The van der Waals surface area contributed by atoms with Crippen LogP contribution in [0.15, 0.2) is 53.6 Å². The van der Waals surface area contributed by atoms with Gasteiger partial charge >= 0.3 is 5.97 Å². The zero-order valence-corrected chi connectivity index (χ0v) is 16.8. The quantitative estimate of drug-likeness (QED) is 0.671. The summed E-state index contributed by atoms with van der Waals surface area (Å²) in [5, 5.41) is 6.03. The number of esters is 1. The zero-order chi connectivity index (χ0) is 20.8. The first-order chi connectivity index (χ1) is 14.0. The van der Waals surface area contributed by atoms with Crippen molar-refractivity contribution >= 4 is 17.6 Å². The van der Waals surface area contributed by atoms with Gasteiger partial charge in [0, 0.05) is 13.3 Å². The molecule has 1 aliphatic rings. The Bertz CT molecular complexity index is 908. The Hall–Kier alpha value is -3.35. The molecule has 0 N–H and O–H groups in total. The van der Waals surface area contributed by atoms with Crippen LogP contribution in [0.4, 0.5) is 0 Å². The van der Waals surface area contributed by atoms with Crippen molar-refractivity contribution in [2.24, 2.45) is 5.10 Å². The maximum Gasteiger partial charge on any atom is 0.344 e. The molecule has 2 aromatic rings. The van der Waals surface area contributed by atoms with Crippen molar-refractivity contribution in [3.8, 4) is 11.5 Å². The average molecular weight is 396 g/mol. The molecule has 7 nitrogen and oxygen atoms in total. The SMILES string of the molecule is CCOC(=O)COc1cccc([C@@H]2CC(c3ccc(OC)cc3)=NN2C(C)=O)c1. The van der Waals surface area contributed by atoms with E-state index in [1.165, 1.54) is 11.9 Å². The van der Waals surface area contributed by atoms with Crippen LogP contribution in [-0.4, -0.2) is 42.9 Å². The highest BCUT2D eigenvalue weighted by Gasteiger charge is 2.31. The minimum absolute atomic E-state index is 0.142. The Balaban J connectivity index is 1.78. The van der Waals surface area contributed by atoms with Gasteiger partial charge < -0.3 is 14.2 Å². The predicted molar refractivity (Wildman–Crippen MR) is 108 cm³/mol. The summed E-state index contributed by atoms with van der Waals surface area (Å²) in [6, 6.07) is 14.7. The molecule has 0 radical (unpaired) electrons. The van der Waals surface area contributed by atoms with Gasteiger partial charge in [0.05, 0.1) is 25.5 Å². The van der Waals surface area contributed by atoms with Crippen LogP contribution in [0.25, 0.3) is 0 Å². The Kier molecular flexibility index (Phi) is 6.49. The number of amides is 1. The third kappa shape index (κ3) is 4.93. The van der Waals surface area contributed by atoms with Gasteiger partial charge in [0.1, 0.15) is 11.5 Å². The summed E-state index contributed by atoms with van der Waals surface area (Å²) >= 11 is 0. The molecule has 29 heavy (non-hydrogen) atoms. The molecule has 2 aromatic carbocycles. The summed E-state index contributed by atoms with van der Waals surface area (Å²) in [6.45, 7) is 3.39. The molecule has 0 fully saturated rings.